The van der Waals surface area contributed by atoms with E-state index < -0.39 is 11.9 Å². The number of carbonyl (C=O) groups excluding carboxylic acids is 1. The van der Waals surface area contributed by atoms with Gasteiger partial charge in [0.2, 0.25) is 0 Å². The molecular formula is C21H18Cl2FN3O2. The molecule has 150 valence electrons. The van der Waals surface area contributed by atoms with Crippen LogP contribution in [0, 0.1) is 5.82 Å². The summed E-state index contributed by atoms with van der Waals surface area (Å²) in [6.07, 6.45) is 0.935. The summed E-state index contributed by atoms with van der Waals surface area (Å²) in [4.78, 5) is 15.9. The Kier molecular flexibility index (Phi) is 6.25. The summed E-state index contributed by atoms with van der Waals surface area (Å²) in [5.41, 5.74) is 8.38. The minimum Gasteiger partial charge on any atom is -0.482 e. The van der Waals surface area contributed by atoms with Crippen molar-refractivity contribution in [3.63, 3.8) is 0 Å². The Labute approximate surface area is 177 Å². The van der Waals surface area contributed by atoms with Crippen LogP contribution in [0.3, 0.4) is 0 Å². The van der Waals surface area contributed by atoms with E-state index in [1.54, 1.807) is 50.5 Å². The average molecular weight is 434 g/mol. The summed E-state index contributed by atoms with van der Waals surface area (Å²) in [6, 6.07) is 11.3. The van der Waals surface area contributed by atoms with E-state index in [4.69, 9.17) is 33.7 Å². The Bertz CT molecular complexity index is 1060. The largest absolute Gasteiger partial charge is 0.482 e. The van der Waals surface area contributed by atoms with E-state index in [1.165, 1.54) is 12.1 Å². The van der Waals surface area contributed by atoms with Crippen LogP contribution in [-0.4, -0.2) is 17.9 Å². The quantitative estimate of drug-likeness (QED) is 0.536. The molecule has 0 aliphatic rings. The molecule has 1 atom stereocenters. The number of benzene rings is 2. The third-order valence-electron chi connectivity index (χ3n) is 4.38. The number of carbonyl (C=O) groups is 1. The number of nitrogens with two attached hydrogens (primary N) is 1. The van der Waals surface area contributed by atoms with Gasteiger partial charge in [-0.05, 0) is 42.8 Å². The van der Waals surface area contributed by atoms with Crippen molar-refractivity contribution in [3.05, 3.63) is 75.7 Å². The molecule has 2 aromatic carbocycles. The highest BCUT2D eigenvalue weighted by atomic mass is 35.5. The van der Waals surface area contributed by atoms with Crippen molar-refractivity contribution in [1.29, 1.82) is 0 Å². The van der Waals surface area contributed by atoms with Crippen molar-refractivity contribution in [2.24, 2.45) is 0 Å². The molecule has 0 aliphatic heterocycles. The zero-order chi connectivity index (χ0) is 21.1. The highest BCUT2D eigenvalue weighted by Crippen LogP contribution is 2.36. The summed E-state index contributed by atoms with van der Waals surface area (Å²) in [6.45, 7) is 1.69. The Morgan fingerprint density at radius 2 is 1.86 bits per heavy atom. The summed E-state index contributed by atoms with van der Waals surface area (Å²) in [7, 11) is 1.57. The molecule has 3 rings (SSSR count). The van der Waals surface area contributed by atoms with Gasteiger partial charge in [0.25, 0.3) is 5.91 Å². The van der Waals surface area contributed by atoms with Gasteiger partial charge in [-0.3, -0.25) is 4.79 Å². The van der Waals surface area contributed by atoms with Crippen molar-refractivity contribution in [3.8, 4) is 16.9 Å². The number of pyridine rings is 1. The molecule has 0 radical (unpaired) electrons. The zero-order valence-electron chi connectivity index (χ0n) is 15.7. The third kappa shape index (κ3) is 4.44. The number of amides is 1. The molecule has 3 N–H and O–H groups in total. The number of hydrogen-bond acceptors (Lipinski definition) is 4. The van der Waals surface area contributed by atoms with Gasteiger partial charge >= 0.3 is 0 Å². The van der Waals surface area contributed by atoms with Gasteiger partial charge in [0, 0.05) is 35.0 Å². The van der Waals surface area contributed by atoms with E-state index in [0.29, 0.717) is 16.9 Å². The monoisotopic (exact) mass is 433 g/mol. The molecule has 0 saturated heterocycles. The maximum atomic E-state index is 13.8. The molecule has 1 amide bonds. The van der Waals surface area contributed by atoms with Gasteiger partial charge in [-0.15, -0.1) is 0 Å². The number of ether oxygens (including phenoxy) is 1. The number of hydrogen-bond donors (Lipinski definition) is 2. The van der Waals surface area contributed by atoms with Gasteiger partial charge < -0.3 is 15.8 Å². The molecule has 1 aromatic heterocycles. The smallest absolute Gasteiger partial charge is 0.251 e. The first-order chi connectivity index (χ1) is 13.8. The van der Waals surface area contributed by atoms with Crippen LogP contribution in [0.5, 0.6) is 5.75 Å². The number of nitrogen functional groups attached to an aromatic ring is 1. The molecular weight excluding hydrogens is 416 g/mol. The Morgan fingerprint density at radius 3 is 2.52 bits per heavy atom. The maximum absolute atomic E-state index is 13.8. The fraction of sp³-hybridized carbons (Fsp3) is 0.143. The molecule has 3 aromatic rings. The summed E-state index contributed by atoms with van der Waals surface area (Å²) < 4.78 is 19.7. The lowest BCUT2D eigenvalue weighted by atomic mass is 10.0. The molecule has 0 bridgehead atoms. The van der Waals surface area contributed by atoms with Crippen LogP contribution >= 0.6 is 23.2 Å². The summed E-state index contributed by atoms with van der Waals surface area (Å²) in [5, 5.41) is 2.76. The predicted molar refractivity (Wildman–Crippen MR) is 113 cm³/mol. The number of anilines is 1. The first kappa shape index (κ1) is 20.9. The first-order valence-electron chi connectivity index (χ1n) is 8.70. The van der Waals surface area contributed by atoms with Crippen molar-refractivity contribution in [2.45, 2.75) is 13.0 Å². The van der Waals surface area contributed by atoms with Crippen LogP contribution in [0.2, 0.25) is 10.0 Å². The highest BCUT2D eigenvalue weighted by molar-refractivity contribution is 6.36. The normalized spacial score (nSPS) is 11.8. The van der Waals surface area contributed by atoms with E-state index in [1.807, 2.05) is 0 Å². The highest BCUT2D eigenvalue weighted by Gasteiger charge is 2.20. The number of halogens is 3. The SMILES string of the molecule is CNC(=O)c1ccc(-c2cnc(N)c(OC(C)c3c(Cl)ccc(F)c3Cl)c2)cc1. The fourth-order valence-corrected chi connectivity index (χ4v) is 3.51. The van der Waals surface area contributed by atoms with Gasteiger partial charge in [-0.25, -0.2) is 9.37 Å². The lowest BCUT2D eigenvalue weighted by molar-refractivity contribution is 0.0963. The van der Waals surface area contributed by atoms with Crippen molar-refractivity contribution >= 4 is 34.9 Å². The van der Waals surface area contributed by atoms with Gasteiger partial charge in [0.1, 0.15) is 11.9 Å². The van der Waals surface area contributed by atoms with Crippen molar-refractivity contribution in [1.82, 2.24) is 10.3 Å². The molecule has 1 unspecified atom stereocenters. The van der Waals surface area contributed by atoms with E-state index in [-0.39, 0.29) is 21.8 Å². The second kappa shape index (κ2) is 8.68. The maximum Gasteiger partial charge on any atom is 0.251 e. The van der Waals surface area contributed by atoms with Crippen molar-refractivity contribution in [2.75, 3.05) is 12.8 Å². The second-order valence-corrected chi connectivity index (χ2v) is 7.07. The molecule has 8 heteroatoms. The standard InChI is InChI=1S/C21H18Cl2FN3O2/c1-11(18-15(22)7-8-16(24)19(18)23)29-17-9-14(10-27-20(17)25)12-3-5-13(6-4-12)21(28)26-2/h3-11H,1-2H3,(H2,25,27)(H,26,28). The molecule has 0 aliphatic carbocycles. The Morgan fingerprint density at radius 1 is 1.17 bits per heavy atom. The number of rotatable bonds is 5. The van der Waals surface area contributed by atoms with E-state index in [9.17, 15) is 9.18 Å². The second-order valence-electron chi connectivity index (χ2n) is 6.28. The molecule has 29 heavy (non-hydrogen) atoms. The van der Waals surface area contributed by atoms with Gasteiger partial charge in [-0.2, -0.15) is 0 Å². The Hall–Kier alpha value is -2.83. The Balaban J connectivity index is 1.90. The molecule has 5 nitrogen and oxygen atoms in total. The molecule has 0 fully saturated rings. The van der Waals surface area contributed by atoms with Crippen LogP contribution in [0.1, 0.15) is 28.9 Å². The lowest BCUT2D eigenvalue weighted by Crippen LogP contribution is -2.17. The third-order valence-corrected chi connectivity index (χ3v) is 5.09. The summed E-state index contributed by atoms with van der Waals surface area (Å²) >= 11 is 12.2. The predicted octanol–water partition coefficient (Wildman–Crippen LogP) is 5.28. The van der Waals surface area contributed by atoms with E-state index in [0.717, 1.165) is 11.1 Å². The van der Waals surface area contributed by atoms with E-state index >= 15 is 0 Å². The molecule has 1 heterocycles. The van der Waals surface area contributed by atoms with Crippen LogP contribution in [0.25, 0.3) is 11.1 Å². The van der Waals surface area contributed by atoms with Gasteiger partial charge in [-0.1, -0.05) is 35.3 Å². The number of nitrogens with zero attached hydrogens (tertiary/aromatic N) is 1. The fourth-order valence-electron chi connectivity index (χ4n) is 2.83. The topological polar surface area (TPSA) is 77.2 Å². The van der Waals surface area contributed by atoms with E-state index in [2.05, 4.69) is 10.3 Å². The van der Waals surface area contributed by atoms with Crippen LogP contribution in [0.15, 0.2) is 48.7 Å². The van der Waals surface area contributed by atoms with Crippen LogP contribution in [-0.2, 0) is 0 Å². The molecule has 0 spiro atoms. The molecule has 0 saturated carbocycles. The average Bonchev–Trinajstić information content (AvgIpc) is 2.72. The van der Waals surface area contributed by atoms with Crippen LogP contribution in [0.4, 0.5) is 10.2 Å². The van der Waals surface area contributed by atoms with Crippen molar-refractivity contribution < 1.29 is 13.9 Å². The first-order valence-corrected chi connectivity index (χ1v) is 9.45. The zero-order valence-corrected chi connectivity index (χ0v) is 17.2. The van der Waals surface area contributed by atoms with Gasteiger partial charge in [0.05, 0.1) is 5.02 Å². The van der Waals surface area contributed by atoms with Gasteiger partial charge in [0.15, 0.2) is 11.6 Å². The minimum absolute atomic E-state index is 0.0996. The summed E-state index contributed by atoms with van der Waals surface area (Å²) in [5.74, 6) is -0.278. The minimum atomic E-state index is -0.666. The number of nitrogens with one attached hydrogen (secondary N) is 1. The van der Waals surface area contributed by atoms with Crippen LogP contribution < -0.4 is 15.8 Å². The number of aromatic nitrogens is 1. The lowest BCUT2D eigenvalue weighted by Gasteiger charge is -2.19.